The first-order chi connectivity index (χ1) is 23.8. The molecule has 4 aromatic rings. The predicted molar refractivity (Wildman–Crippen MR) is 204 cm³/mol. The van der Waals surface area contributed by atoms with E-state index in [0.717, 1.165) is 66.5 Å². The first-order valence-electron chi connectivity index (χ1n) is 17.9. The third kappa shape index (κ3) is 9.44. The zero-order chi connectivity index (χ0) is 37.9. The Morgan fingerprint density at radius 1 is 0.961 bits per heavy atom. The summed E-state index contributed by atoms with van der Waals surface area (Å²) in [6.45, 7) is 18.2. The number of nitrogens with zero attached hydrogens (tertiary/aromatic N) is 4. The summed E-state index contributed by atoms with van der Waals surface area (Å²) in [6.07, 6.45) is 5.21. The van der Waals surface area contributed by atoms with E-state index in [1.807, 2.05) is 73.1 Å². The van der Waals surface area contributed by atoms with Gasteiger partial charge in [0.25, 0.3) is 0 Å². The quantitative estimate of drug-likeness (QED) is 0.0732. The van der Waals surface area contributed by atoms with E-state index in [0.29, 0.717) is 29.2 Å². The van der Waals surface area contributed by atoms with Crippen molar-refractivity contribution < 1.29 is 28.4 Å². The number of pyridine rings is 1. The maximum absolute atomic E-state index is 13.1. The van der Waals surface area contributed by atoms with E-state index in [-0.39, 0.29) is 12.0 Å². The van der Waals surface area contributed by atoms with E-state index in [4.69, 9.17) is 24.2 Å². The van der Waals surface area contributed by atoms with Crippen molar-refractivity contribution in [3.63, 3.8) is 0 Å². The maximum Gasteiger partial charge on any atom is 0.338 e. The normalized spacial score (nSPS) is 13.8. The number of hydrogen-bond acceptors (Lipinski definition) is 9. The molecule has 0 aliphatic heterocycles. The number of nitrogens with one attached hydrogen (secondary N) is 1. The Labute approximate surface area is 306 Å². The molecule has 11 nitrogen and oxygen atoms in total. The topological polar surface area (TPSA) is 133 Å². The van der Waals surface area contributed by atoms with Crippen molar-refractivity contribution in [1.82, 2.24) is 23.8 Å². The van der Waals surface area contributed by atoms with E-state index >= 15 is 0 Å². The molecule has 12 heteroatoms. The van der Waals surface area contributed by atoms with Crippen molar-refractivity contribution in [2.75, 3.05) is 14.2 Å². The zero-order valence-electron chi connectivity index (χ0n) is 32.6. The number of benzene rings is 1. The van der Waals surface area contributed by atoms with Crippen LogP contribution < -0.4 is 9.46 Å². The first kappa shape index (κ1) is 40.2. The largest absolute Gasteiger partial charge is 0.598 e. The van der Waals surface area contributed by atoms with E-state index in [1.165, 1.54) is 7.11 Å². The van der Waals surface area contributed by atoms with Crippen LogP contribution in [0.4, 0.5) is 0 Å². The molecule has 0 amide bonds. The van der Waals surface area contributed by atoms with Crippen LogP contribution in [0.3, 0.4) is 0 Å². The molecule has 0 saturated carbocycles. The minimum atomic E-state index is -1.26. The zero-order valence-corrected chi connectivity index (χ0v) is 33.4. The Hall–Kier alpha value is -3.61. The number of rotatable bonds is 15. The number of carbonyl (C=O) groups is 2. The van der Waals surface area contributed by atoms with E-state index in [1.54, 1.807) is 19.2 Å². The highest BCUT2D eigenvalue weighted by molar-refractivity contribution is 7.90. The number of fused-ring (bicyclic) bond motifs is 2. The van der Waals surface area contributed by atoms with Crippen LogP contribution in [-0.4, -0.2) is 60.2 Å². The monoisotopic (exact) mass is 723 g/mol. The Bertz CT molecular complexity index is 1850. The third-order valence-electron chi connectivity index (χ3n) is 9.03. The van der Waals surface area contributed by atoms with E-state index in [2.05, 4.69) is 28.3 Å². The van der Waals surface area contributed by atoms with Crippen LogP contribution in [0.5, 0.6) is 5.75 Å². The van der Waals surface area contributed by atoms with Crippen molar-refractivity contribution >= 4 is 45.4 Å². The molecule has 1 N–H and O–H groups in total. The molecule has 0 radical (unpaired) electrons. The number of aromatic nitrogens is 4. The summed E-state index contributed by atoms with van der Waals surface area (Å²) in [5, 5.41) is 0.967. The minimum Gasteiger partial charge on any atom is -0.598 e. The fraction of sp³-hybridized carbons (Fsp3) is 0.590. The summed E-state index contributed by atoms with van der Waals surface area (Å²) in [7, 11) is 4.87. The van der Waals surface area contributed by atoms with Gasteiger partial charge in [0.2, 0.25) is 0 Å². The van der Waals surface area contributed by atoms with Gasteiger partial charge in [0, 0.05) is 30.3 Å². The summed E-state index contributed by atoms with van der Waals surface area (Å²) in [5.74, 6) is 0.608. The van der Waals surface area contributed by atoms with Gasteiger partial charge < -0.3 is 27.9 Å². The number of unbranched alkanes of at least 4 members (excludes halogenated alkanes) is 3. The Kier molecular flexibility index (Phi) is 12.6. The van der Waals surface area contributed by atoms with Gasteiger partial charge in [0.15, 0.2) is 5.82 Å². The predicted octanol–water partition coefficient (Wildman–Crippen LogP) is 8.21. The second kappa shape index (κ2) is 16.0. The summed E-state index contributed by atoms with van der Waals surface area (Å²) in [5.41, 5.74) is 3.22. The molecule has 51 heavy (non-hydrogen) atoms. The highest BCUT2D eigenvalue weighted by Crippen LogP contribution is 2.35. The first-order valence-corrected chi connectivity index (χ1v) is 19.0. The lowest BCUT2D eigenvalue weighted by molar-refractivity contribution is -0.166. The van der Waals surface area contributed by atoms with Crippen LogP contribution in [0.2, 0.25) is 0 Å². The molecule has 280 valence electrons. The van der Waals surface area contributed by atoms with Gasteiger partial charge in [-0.15, -0.1) is 4.72 Å². The summed E-state index contributed by atoms with van der Waals surface area (Å²) in [6, 6.07) is 9.39. The molecule has 1 aromatic carbocycles. The van der Waals surface area contributed by atoms with Crippen molar-refractivity contribution in [2.45, 2.75) is 124 Å². The molecule has 0 aliphatic rings. The lowest BCUT2D eigenvalue weighted by atomic mass is 9.86. The van der Waals surface area contributed by atoms with Crippen LogP contribution in [0.25, 0.3) is 33.6 Å². The SMILES string of the molecule is CCC(N[S+]([O-])C(C)(C)C)c1ccc2cc(-c3nc4cc(C(=O)OC)cc(OC)c4n3C)n(CCCCCCC(C)(C)C(=O)OC(C)(C)C)c2n1. The fourth-order valence-electron chi connectivity index (χ4n) is 6.05. The number of hydrogen-bond donors (Lipinski definition) is 1. The number of imidazole rings is 1. The Balaban J connectivity index is 1.69. The lowest BCUT2D eigenvalue weighted by Crippen LogP contribution is -2.41. The van der Waals surface area contributed by atoms with Crippen molar-refractivity contribution in [3.8, 4) is 17.3 Å². The average Bonchev–Trinajstić information content (AvgIpc) is 3.59. The van der Waals surface area contributed by atoms with Crippen molar-refractivity contribution in [1.29, 1.82) is 0 Å². The van der Waals surface area contributed by atoms with Crippen molar-refractivity contribution in [3.05, 3.63) is 41.6 Å². The second-order valence-electron chi connectivity index (χ2n) is 15.9. The molecule has 2 atom stereocenters. The maximum atomic E-state index is 13.1. The Morgan fingerprint density at radius 3 is 2.25 bits per heavy atom. The van der Waals surface area contributed by atoms with E-state index < -0.39 is 33.1 Å². The molecule has 3 aromatic heterocycles. The molecule has 0 fully saturated rings. The standard InChI is InChI=1S/C39H57N5O6S/c1-13-27(42-51(47)38(5,6)7)28-19-18-25-23-30(34-41-29-22-26(35(45)49-12)24-31(48-11)32(29)43(34)10)44(33(25)40-28)21-17-15-14-16-20-39(8,9)36(46)50-37(2,3)4/h18-19,22-24,27,42H,13-17,20-21H2,1-12H3. The number of esters is 2. The molecule has 4 rings (SSSR count). The van der Waals surface area contributed by atoms with Crippen LogP contribution in [0.1, 0.15) is 123 Å². The molecular weight excluding hydrogens is 667 g/mol. The van der Waals surface area contributed by atoms with Crippen LogP contribution in [0.15, 0.2) is 30.3 Å². The summed E-state index contributed by atoms with van der Waals surface area (Å²) < 4.78 is 36.5. The van der Waals surface area contributed by atoms with Crippen LogP contribution >= 0.6 is 0 Å². The lowest BCUT2D eigenvalue weighted by Gasteiger charge is -2.28. The van der Waals surface area contributed by atoms with E-state index in [9.17, 15) is 14.1 Å². The van der Waals surface area contributed by atoms with Crippen LogP contribution in [-0.2, 0) is 39.2 Å². The number of carbonyl (C=O) groups excluding carboxylic acids is 2. The Morgan fingerprint density at radius 2 is 1.65 bits per heavy atom. The number of methoxy groups -OCH3 is 2. The molecule has 0 bridgehead atoms. The molecule has 0 aliphatic carbocycles. The average molecular weight is 724 g/mol. The minimum absolute atomic E-state index is 0.163. The molecule has 2 unspecified atom stereocenters. The van der Waals surface area contributed by atoms with Crippen LogP contribution in [0, 0.1) is 5.41 Å². The second-order valence-corrected chi connectivity index (χ2v) is 17.9. The van der Waals surface area contributed by atoms with Gasteiger partial charge in [-0.2, -0.15) is 0 Å². The molecule has 0 saturated heterocycles. The summed E-state index contributed by atoms with van der Waals surface area (Å²) in [4.78, 5) is 35.4. The van der Waals surface area contributed by atoms with Gasteiger partial charge in [0.1, 0.15) is 27.3 Å². The third-order valence-corrected chi connectivity index (χ3v) is 10.6. The van der Waals surface area contributed by atoms with Gasteiger partial charge in [-0.1, -0.05) is 26.2 Å². The van der Waals surface area contributed by atoms with Gasteiger partial charge in [-0.05, 0) is 105 Å². The number of aryl methyl sites for hydroxylation is 2. The number of ether oxygens (including phenoxy) is 3. The smallest absolute Gasteiger partial charge is 0.338 e. The van der Waals surface area contributed by atoms with Crippen molar-refractivity contribution in [2.24, 2.45) is 12.5 Å². The summed E-state index contributed by atoms with van der Waals surface area (Å²) >= 11 is -1.26. The van der Waals surface area contributed by atoms with Gasteiger partial charge in [-0.3, -0.25) is 4.79 Å². The van der Waals surface area contributed by atoms with Gasteiger partial charge in [-0.25, -0.2) is 14.8 Å². The fourth-order valence-corrected chi connectivity index (χ4v) is 6.95. The molecular formula is C39H57N5O6S. The highest BCUT2D eigenvalue weighted by Gasteiger charge is 2.32. The molecule has 3 heterocycles. The highest BCUT2D eigenvalue weighted by atomic mass is 32.2. The van der Waals surface area contributed by atoms with Gasteiger partial charge in [0.05, 0.1) is 48.1 Å². The van der Waals surface area contributed by atoms with Gasteiger partial charge >= 0.3 is 11.9 Å². The molecule has 0 spiro atoms.